The molecule has 3 unspecified atom stereocenters. The number of halogens is 1. The van der Waals surface area contributed by atoms with Crippen molar-refractivity contribution in [3.63, 3.8) is 0 Å². The summed E-state index contributed by atoms with van der Waals surface area (Å²) < 4.78 is 0. The van der Waals surface area contributed by atoms with Gasteiger partial charge in [0.1, 0.15) is 0 Å². The van der Waals surface area contributed by atoms with E-state index in [2.05, 4.69) is 10.6 Å². The lowest BCUT2D eigenvalue weighted by Crippen LogP contribution is -2.44. The van der Waals surface area contributed by atoms with Crippen LogP contribution in [-0.4, -0.2) is 31.1 Å². The Morgan fingerprint density at radius 2 is 2.21 bits per heavy atom. The number of hydrogen-bond donors (Lipinski definition) is 3. The molecule has 1 aliphatic rings. The van der Waals surface area contributed by atoms with E-state index in [1.807, 2.05) is 13.8 Å². The fourth-order valence-electron chi connectivity index (χ4n) is 1.35. The molecule has 1 rings (SSSR count). The van der Waals surface area contributed by atoms with Gasteiger partial charge < -0.3 is 16.4 Å². The van der Waals surface area contributed by atoms with Crippen molar-refractivity contribution in [3.8, 4) is 0 Å². The SMILES string of the molecule is CC(N)C(C)C(=O)NC1CCNC1.Cl. The Kier molecular flexibility index (Phi) is 6.08. The fourth-order valence-corrected chi connectivity index (χ4v) is 1.35. The minimum absolute atomic E-state index is 0. The van der Waals surface area contributed by atoms with E-state index in [0.29, 0.717) is 6.04 Å². The largest absolute Gasteiger partial charge is 0.352 e. The molecule has 1 amide bonds. The molecule has 4 N–H and O–H groups in total. The minimum Gasteiger partial charge on any atom is -0.352 e. The number of rotatable bonds is 3. The summed E-state index contributed by atoms with van der Waals surface area (Å²) in [5.41, 5.74) is 5.63. The Balaban J connectivity index is 0.00000169. The Hall–Kier alpha value is -0.320. The maximum atomic E-state index is 11.5. The quantitative estimate of drug-likeness (QED) is 0.622. The van der Waals surface area contributed by atoms with Crippen molar-refractivity contribution in [3.05, 3.63) is 0 Å². The molecule has 84 valence electrons. The van der Waals surface area contributed by atoms with E-state index < -0.39 is 0 Å². The highest BCUT2D eigenvalue weighted by molar-refractivity contribution is 5.85. The van der Waals surface area contributed by atoms with E-state index in [4.69, 9.17) is 5.73 Å². The summed E-state index contributed by atoms with van der Waals surface area (Å²) in [6, 6.07) is 0.225. The average molecular weight is 222 g/mol. The normalized spacial score (nSPS) is 24.9. The monoisotopic (exact) mass is 221 g/mol. The Morgan fingerprint density at radius 3 is 2.64 bits per heavy atom. The Labute approximate surface area is 91.4 Å². The molecule has 0 aliphatic carbocycles. The summed E-state index contributed by atoms with van der Waals surface area (Å²) in [5.74, 6) is -0.0238. The first kappa shape index (κ1) is 13.7. The van der Waals surface area contributed by atoms with E-state index >= 15 is 0 Å². The second kappa shape index (κ2) is 6.22. The van der Waals surface area contributed by atoms with Crippen molar-refractivity contribution in [1.29, 1.82) is 0 Å². The first-order valence-electron chi connectivity index (χ1n) is 4.88. The van der Waals surface area contributed by atoms with Gasteiger partial charge in [-0.25, -0.2) is 0 Å². The molecule has 1 fully saturated rings. The van der Waals surface area contributed by atoms with Crippen LogP contribution in [-0.2, 0) is 4.79 Å². The van der Waals surface area contributed by atoms with Crippen LogP contribution in [0.25, 0.3) is 0 Å². The van der Waals surface area contributed by atoms with Gasteiger partial charge in [-0.05, 0) is 19.9 Å². The summed E-state index contributed by atoms with van der Waals surface area (Å²) in [4.78, 5) is 11.5. The van der Waals surface area contributed by atoms with Crippen LogP contribution in [0.1, 0.15) is 20.3 Å². The Morgan fingerprint density at radius 1 is 1.57 bits per heavy atom. The standard InChI is InChI=1S/C9H19N3O.ClH/c1-6(7(2)10)9(13)12-8-3-4-11-5-8;/h6-8,11H,3-5,10H2,1-2H3,(H,12,13);1H. The molecule has 0 spiro atoms. The van der Waals surface area contributed by atoms with Crippen LogP contribution in [0.2, 0.25) is 0 Å². The van der Waals surface area contributed by atoms with E-state index in [9.17, 15) is 4.79 Å². The number of carbonyl (C=O) groups excluding carboxylic acids is 1. The van der Waals surface area contributed by atoms with Crippen molar-refractivity contribution < 1.29 is 4.79 Å². The van der Waals surface area contributed by atoms with Gasteiger partial charge in [-0.2, -0.15) is 0 Å². The van der Waals surface area contributed by atoms with Crippen LogP contribution in [0.4, 0.5) is 0 Å². The van der Waals surface area contributed by atoms with Crippen molar-refractivity contribution in [2.45, 2.75) is 32.4 Å². The van der Waals surface area contributed by atoms with E-state index in [1.54, 1.807) is 0 Å². The molecule has 5 heteroatoms. The number of carbonyl (C=O) groups is 1. The number of amides is 1. The summed E-state index contributed by atoms with van der Waals surface area (Å²) in [6.07, 6.45) is 1.03. The zero-order chi connectivity index (χ0) is 9.84. The lowest BCUT2D eigenvalue weighted by atomic mass is 10.0. The van der Waals surface area contributed by atoms with E-state index in [-0.39, 0.29) is 30.3 Å². The highest BCUT2D eigenvalue weighted by Crippen LogP contribution is 2.03. The highest BCUT2D eigenvalue weighted by atomic mass is 35.5. The molecule has 1 saturated heterocycles. The van der Waals surface area contributed by atoms with Gasteiger partial charge in [0.2, 0.25) is 5.91 Å². The molecular weight excluding hydrogens is 202 g/mol. The number of hydrogen-bond acceptors (Lipinski definition) is 3. The van der Waals surface area contributed by atoms with Crippen LogP contribution < -0.4 is 16.4 Å². The maximum absolute atomic E-state index is 11.5. The van der Waals surface area contributed by atoms with Crippen molar-refractivity contribution in [2.24, 2.45) is 11.7 Å². The van der Waals surface area contributed by atoms with Crippen LogP contribution in [0.15, 0.2) is 0 Å². The van der Waals surface area contributed by atoms with Crippen LogP contribution in [0.5, 0.6) is 0 Å². The first-order valence-corrected chi connectivity index (χ1v) is 4.88. The number of nitrogens with one attached hydrogen (secondary N) is 2. The van der Waals surface area contributed by atoms with Crippen molar-refractivity contribution >= 4 is 18.3 Å². The molecule has 0 aromatic heterocycles. The lowest BCUT2D eigenvalue weighted by Gasteiger charge is -2.18. The Bertz CT molecular complexity index is 181. The molecule has 1 heterocycles. The maximum Gasteiger partial charge on any atom is 0.224 e. The molecule has 4 nitrogen and oxygen atoms in total. The number of nitrogens with two attached hydrogens (primary N) is 1. The van der Waals surface area contributed by atoms with Gasteiger partial charge in [0.25, 0.3) is 0 Å². The van der Waals surface area contributed by atoms with E-state index in [0.717, 1.165) is 19.5 Å². The van der Waals surface area contributed by atoms with Gasteiger partial charge in [0, 0.05) is 24.5 Å². The average Bonchev–Trinajstić information content (AvgIpc) is 2.55. The summed E-state index contributed by atoms with van der Waals surface area (Å²) in [6.45, 7) is 5.61. The van der Waals surface area contributed by atoms with Crippen molar-refractivity contribution in [2.75, 3.05) is 13.1 Å². The predicted molar refractivity (Wildman–Crippen MR) is 59.5 cm³/mol. The fraction of sp³-hybridized carbons (Fsp3) is 0.889. The topological polar surface area (TPSA) is 67.2 Å². The minimum atomic E-state index is -0.0967. The molecular formula is C9H20ClN3O. The third kappa shape index (κ3) is 3.82. The molecule has 0 radical (unpaired) electrons. The first-order chi connectivity index (χ1) is 6.11. The molecule has 3 atom stereocenters. The zero-order valence-corrected chi connectivity index (χ0v) is 9.56. The van der Waals surface area contributed by atoms with Crippen LogP contribution in [0.3, 0.4) is 0 Å². The van der Waals surface area contributed by atoms with E-state index in [1.165, 1.54) is 0 Å². The summed E-state index contributed by atoms with van der Waals surface area (Å²) >= 11 is 0. The molecule has 1 aliphatic heterocycles. The molecule has 0 aromatic carbocycles. The third-order valence-electron chi connectivity index (χ3n) is 2.61. The zero-order valence-electron chi connectivity index (χ0n) is 8.75. The van der Waals surface area contributed by atoms with Crippen LogP contribution >= 0.6 is 12.4 Å². The van der Waals surface area contributed by atoms with Gasteiger partial charge in [0.05, 0.1) is 0 Å². The van der Waals surface area contributed by atoms with Gasteiger partial charge in [-0.15, -0.1) is 12.4 Å². The molecule has 0 bridgehead atoms. The highest BCUT2D eigenvalue weighted by Gasteiger charge is 2.21. The van der Waals surface area contributed by atoms with Gasteiger partial charge in [-0.3, -0.25) is 4.79 Å². The molecule has 0 aromatic rings. The van der Waals surface area contributed by atoms with Crippen LogP contribution in [0, 0.1) is 5.92 Å². The molecule has 0 saturated carbocycles. The van der Waals surface area contributed by atoms with Gasteiger partial charge in [-0.1, -0.05) is 6.92 Å². The van der Waals surface area contributed by atoms with Gasteiger partial charge in [0.15, 0.2) is 0 Å². The lowest BCUT2D eigenvalue weighted by molar-refractivity contribution is -0.125. The molecule has 14 heavy (non-hydrogen) atoms. The second-order valence-electron chi connectivity index (χ2n) is 3.85. The predicted octanol–water partition coefficient (Wildman–Crippen LogP) is -0.130. The third-order valence-corrected chi connectivity index (χ3v) is 2.61. The second-order valence-corrected chi connectivity index (χ2v) is 3.85. The van der Waals surface area contributed by atoms with Gasteiger partial charge >= 0.3 is 0 Å². The smallest absolute Gasteiger partial charge is 0.224 e. The summed E-state index contributed by atoms with van der Waals surface area (Å²) in [5, 5.41) is 6.18. The van der Waals surface area contributed by atoms with Crippen molar-refractivity contribution in [1.82, 2.24) is 10.6 Å². The summed E-state index contributed by atoms with van der Waals surface area (Å²) in [7, 11) is 0.